The van der Waals surface area contributed by atoms with Gasteiger partial charge in [-0.2, -0.15) is 0 Å². The first-order valence-corrected chi connectivity index (χ1v) is 5.13. The Kier molecular flexibility index (Phi) is 3.09. The largest absolute Gasteiger partial charge is 0.494 e. The number of benzene rings is 1. The Morgan fingerprint density at radius 2 is 2.12 bits per heavy atom. The van der Waals surface area contributed by atoms with E-state index in [0.29, 0.717) is 17.9 Å². The molecule has 0 spiro atoms. The van der Waals surface area contributed by atoms with Gasteiger partial charge in [-0.15, -0.1) is 0 Å². The van der Waals surface area contributed by atoms with Crippen LogP contribution in [0.25, 0.3) is 11.3 Å². The van der Waals surface area contributed by atoms with Crippen molar-refractivity contribution < 1.29 is 19.2 Å². The molecule has 0 saturated carbocycles. The average molecular weight is 233 g/mol. The number of carboxylic acids is 1. The monoisotopic (exact) mass is 233 g/mol. The van der Waals surface area contributed by atoms with Crippen LogP contribution >= 0.6 is 0 Å². The lowest BCUT2D eigenvalue weighted by atomic mass is 10.1. The van der Waals surface area contributed by atoms with Gasteiger partial charge < -0.3 is 14.4 Å². The maximum Gasteiger partial charge on any atom is 0.341 e. The van der Waals surface area contributed by atoms with E-state index in [-0.39, 0.29) is 5.56 Å². The Bertz CT molecular complexity index is 516. The topological polar surface area (TPSA) is 72.6 Å². The number of hydrogen-bond donors (Lipinski definition) is 1. The summed E-state index contributed by atoms with van der Waals surface area (Å²) in [6.07, 6.45) is 1.12. The van der Waals surface area contributed by atoms with E-state index in [1.165, 1.54) is 0 Å². The van der Waals surface area contributed by atoms with Gasteiger partial charge in [-0.3, -0.25) is 0 Å². The summed E-state index contributed by atoms with van der Waals surface area (Å²) in [6, 6.07) is 7.02. The summed E-state index contributed by atoms with van der Waals surface area (Å²) in [6.45, 7) is 2.48. The van der Waals surface area contributed by atoms with Crippen molar-refractivity contribution in [2.24, 2.45) is 0 Å². The summed E-state index contributed by atoms with van der Waals surface area (Å²) < 4.78 is 9.97. The van der Waals surface area contributed by atoms with Gasteiger partial charge in [0.25, 0.3) is 0 Å². The lowest BCUT2D eigenvalue weighted by Crippen LogP contribution is -1.97. The van der Waals surface area contributed by atoms with Gasteiger partial charge in [-0.25, -0.2) is 4.79 Å². The van der Waals surface area contributed by atoms with Crippen molar-refractivity contribution in [1.29, 1.82) is 0 Å². The molecular weight excluding hydrogens is 222 g/mol. The van der Waals surface area contributed by atoms with Crippen molar-refractivity contribution in [3.63, 3.8) is 0 Å². The van der Waals surface area contributed by atoms with E-state index in [9.17, 15) is 4.79 Å². The van der Waals surface area contributed by atoms with Crippen LogP contribution in [-0.4, -0.2) is 22.8 Å². The lowest BCUT2D eigenvalue weighted by molar-refractivity contribution is 0.0697. The third-order valence-electron chi connectivity index (χ3n) is 2.24. The zero-order chi connectivity index (χ0) is 12.3. The SMILES string of the molecule is CCOc1ccc(-c2nocc2C(=O)O)cc1. The molecule has 0 aliphatic rings. The first-order valence-electron chi connectivity index (χ1n) is 5.13. The van der Waals surface area contributed by atoms with Gasteiger partial charge in [0.05, 0.1) is 6.61 Å². The van der Waals surface area contributed by atoms with Crippen molar-refractivity contribution in [3.8, 4) is 17.0 Å². The highest BCUT2D eigenvalue weighted by atomic mass is 16.5. The minimum atomic E-state index is -1.06. The van der Waals surface area contributed by atoms with E-state index in [2.05, 4.69) is 9.68 Å². The van der Waals surface area contributed by atoms with Gasteiger partial charge in [-0.05, 0) is 31.2 Å². The first kappa shape index (κ1) is 11.2. The number of aromatic carboxylic acids is 1. The summed E-state index contributed by atoms with van der Waals surface area (Å²) in [5, 5.41) is 12.6. The fourth-order valence-corrected chi connectivity index (χ4v) is 1.47. The van der Waals surface area contributed by atoms with E-state index >= 15 is 0 Å². The molecule has 0 radical (unpaired) electrons. The Labute approximate surface area is 97.6 Å². The van der Waals surface area contributed by atoms with Crippen molar-refractivity contribution in [3.05, 3.63) is 36.1 Å². The van der Waals surface area contributed by atoms with Crippen LogP contribution in [0, 0.1) is 0 Å². The van der Waals surface area contributed by atoms with Crippen LogP contribution in [0.2, 0.25) is 0 Å². The van der Waals surface area contributed by atoms with Gasteiger partial charge in [0.1, 0.15) is 23.3 Å². The van der Waals surface area contributed by atoms with Crippen LogP contribution in [0.1, 0.15) is 17.3 Å². The Balaban J connectivity index is 2.33. The van der Waals surface area contributed by atoms with Crippen LogP contribution in [0.3, 0.4) is 0 Å². The third-order valence-corrected chi connectivity index (χ3v) is 2.24. The minimum Gasteiger partial charge on any atom is -0.494 e. The number of ether oxygens (including phenoxy) is 1. The molecular formula is C12H11NO4. The van der Waals surface area contributed by atoms with Crippen LogP contribution in [-0.2, 0) is 0 Å². The molecule has 1 N–H and O–H groups in total. The van der Waals surface area contributed by atoms with Crippen molar-refractivity contribution >= 4 is 5.97 Å². The Hall–Kier alpha value is -2.30. The van der Waals surface area contributed by atoms with E-state index in [1.807, 2.05) is 6.92 Å². The zero-order valence-corrected chi connectivity index (χ0v) is 9.21. The van der Waals surface area contributed by atoms with Gasteiger partial charge >= 0.3 is 5.97 Å². The molecule has 5 nitrogen and oxygen atoms in total. The first-order chi connectivity index (χ1) is 8.22. The predicted octanol–water partition coefficient (Wildman–Crippen LogP) is 2.44. The smallest absolute Gasteiger partial charge is 0.341 e. The zero-order valence-electron chi connectivity index (χ0n) is 9.21. The lowest BCUT2D eigenvalue weighted by Gasteiger charge is -2.03. The minimum absolute atomic E-state index is 0.0501. The second-order valence-electron chi connectivity index (χ2n) is 3.34. The van der Waals surface area contributed by atoms with Crippen LogP contribution in [0.15, 0.2) is 35.1 Å². The summed E-state index contributed by atoms with van der Waals surface area (Å²) in [4.78, 5) is 10.9. The molecule has 0 saturated heterocycles. The highest BCUT2D eigenvalue weighted by molar-refractivity contribution is 5.94. The molecule has 0 bridgehead atoms. The fourth-order valence-electron chi connectivity index (χ4n) is 1.47. The van der Waals surface area contributed by atoms with Crippen molar-refractivity contribution in [2.45, 2.75) is 6.92 Å². The summed E-state index contributed by atoms with van der Waals surface area (Å²) in [7, 11) is 0. The van der Waals surface area contributed by atoms with Crippen molar-refractivity contribution in [1.82, 2.24) is 5.16 Å². The second-order valence-corrected chi connectivity index (χ2v) is 3.34. The molecule has 0 fully saturated rings. The summed E-state index contributed by atoms with van der Waals surface area (Å²) in [5.74, 6) is -0.327. The standard InChI is InChI=1S/C12H11NO4/c1-2-16-9-5-3-8(4-6-9)11-10(12(14)15)7-17-13-11/h3-7H,2H2,1H3,(H,14,15). The maximum atomic E-state index is 10.9. The van der Waals surface area contributed by atoms with Crippen molar-refractivity contribution in [2.75, 3.05) is 6.61 Å². The number of carbonyl (C=O) groups is 1. The molecule has 0 atom stereocenters. The normalized spacial score (nSPS) is 10.2. The molecule has 5 heteroatoms. The van der Waals surface area contributed by atoms with Gasteiger partial charge in [0.2, 0.25) is 0 Å². The second kappa shape index (κ2) is 4.69. The van der Waals surface area contributed by atoms with Gasteiger partial charge in [0, 0.05) is 5.56 Å². The fraction of sp³-hybridized carbons (Fsp3) is 0.167. The number of hydrogen-bond acceptors (Lipinski definition) is 4. The Morgan fingerprint density at radius 1 is 1.41 bits per heavy atom. The number of carboxylic acid groups (broad SMARTS) is 1. The molecule has 2 rings (SSSR count). The Morgan fingerprint density at radius 3 is 2.71 bits per heavy atom. The van der Waals surface area contributed by atoms with Crippen LogP contribution < -0.4 is 4.74 Å². The predicted molar refractivity (Wildman–Crippen MR) is 60.1 cm³/mol. The molecule has 0 amide bonds. The number of rotatable bonds is 4. The van der Waals surface area contributed by atoms with Gasteiger partial charge in [0.15, 0.2) is 0 Å². The number of aromatic nitrogens is 1. The highest BCUT2D eigenvalue weighted by Crippen LogP contribution is 2.24. The highest BCUT2D eigenvalue weighted by Gasteiger charge is 2.16. The molecule has 0 aliphatic carbocycles. The average Bonchev–Trinajstić information content (AvgIpc) is 2.79. The molecule has 0 unspecified atom stereocenters. The molecule has 0 aliphatic heterocycles. The molecule has 88 valence electrons. The van der Waals surface area contributed by atoms with E-state index in [0.717, 1.165) is 12.0 Å². The quantitative estimate of drug-likeness (QED) is 0.877. The van der Waals surface area contributed by atoms with E-state index in [4.69, 9.17) is 9.84 Å². The van der Waals surface area contributed by atoms with E-state index < -0.39 is 5.97 Å². The molecule has 1 heterocycles. The maximum absolute atomic E-state index is 10.9. The molecule has 1 aromatic carbocycles. The third kappa shape index (κ3) is 2.28. The molecule has 1 aromatic heterocycles. The van der Waals surface area contributed by atoms with Crippen LogP contribution in [0.5, 0.6) is 5.75 Å². The van der Waals surface area contributed by atoms with Gasteiger partial charge in [-0.1, -0.05) is 5.16 Å². The molecule has 17 heavy (non-hydrogen) atoms. The summed E-state index contributed by atoms with van der Waals surface area (Å²) >= 11 is 0. The van der Waals surface area contributed by atoms with E-state index in [1.54, 1.807) is 24.3 Å². The number of nitrogens with zero attached hydrogens (tertiary/aromatic N) is 1. The molecule has 2 aromatic rings. The summed E-state index contributed by atoms with van der Waals surface area (Å²) in [5.41, 5.74) is 1.05. The van der Waals surface area contributed by atoms with Crippen LogP contribution in [0.4, 0.5) is 0 Å².